The van der Waals surface area contributed by atoms with Crippen LogP contribution in [0.4, 0.5) is 17.5 Å². The highest BCUT2D eigenvalue weighted by atomic mass is 32.2. The number of benzene rings is 1. The van der Waals surface area contributed by atoms with E-state index in [4.69, 9.17) is 0 Å². The Balaban J connectivity index is 1.83. The van der Waals surface area contributed by atoms with E-state index in [0.717, 1.165) is 23.5 Å². The number of hydrogen-bond donors (Lipinski definition) is 1. The second kappa shape index (κ2) is 7.00. The minimum Gasteiger partial charge on any atom is -0.355 e. The van der Waals surface area contributed by atoms with Gasteiger partial charge in [0, 0.05) is 25.0 Å². The molecule has 0 spiro atoms. The lowest BCUT2D eigenvalue weighted by atomic mass is 10.1. The molecule has 7 heteroatoms. The normalized spacial score (nSPS) is 18.9. The van der Waals surface area contributed by atoms with Crippen LogP contribution in [-0.2, 0) is 16.3 Å². The van der Waals surface area contributed by atoms with Crippen LogP contribution in [0.15, 0.2) is 30.5 Å². The molecule has 6 nitrogen and oxygen atoms in total. The van der Waals surface area contributed by atoms with Gasteiger partial charge in [0.15, 0.2) is 9.84 Å². The lowest BCUT2D eigenvalue weighted by Crippen LogP contribution is -2.33. The molecule has 0 aliphatic carbocycles. The van der Waals surface area contributed by atoms with Crippen molar-refractivity contribution in [2.45, 2.75) is 32.7 Å². The Morgan fingerprint density at radius 2 is 2.12 bits per heavy atom. The fourth-order valence-corrected chi connectivity index (χ4v) is 4.96. The quantitative estimate of drug-likeness (QED) is 0.884. The largest absolute Gasteiger partial charge is 0.355 e. The van der Waals surface area contributed by atoms with Gasteiger partial charge in [-0.05, 0) is 37.0 Å². The molecule has 0 amide bonds. The van der Waals surface area contributed by atoms with E-state index in [2.05, 4.69) is 41.3 Å². The molecule has 2 aromatic rings. The third-order valence-electron chi connectivity index (χ3n) is 4.74. The monoisotopic (exact) mass is 360 g/mol. The Morgan fingerprint density at radius 1 is 1.32 bits per heavy atom. The van der Waals surface area contributed by atoms with Crippen molar-refractivity contribution in [3.05, 3.63) is 41.6 Å². The highest BCUT2D eigenvalue weighted by Crippen LogP contribution is 2.26. The van der Waals surface area contributed by atoms with Crippen LogP contribution in [0.1, 0.15) is 24.5 Å². The van der Waals surface area contributed by atoms with Gasteiger partial charge in [-0.3, -0.25) is 0 Å². The summed E-state index contributed by atoms with van der Waals surface area (Å²) in [6.07, 6.45) is 3.27. The van der Waals surface area contributed by atoms with E-state index in [0.29, 0.717) is 12.4 Å². The van der Waals surface area contributed by atoms with Gasteiger partial charge in [-0.2, -0.15) is 4.98 Å². The molecule has 1 aromatic heterocycles. The predicted molar refractivity (Wildman–Crippen MR) is 101 cm³/mol. The lowest BCUT2D eigenvalue weighted by molar-refractivity contribution is 0.600. The molecule has 2 heterocycles. The molecule has 0 bridgehead atoms. The van der Waals surface area contributed by atoms with Crippen molar-refractivity contribution in [3.63, 3.8) is 0 Å². The number of anilines is 3. The Morgan fingerprint density at radius 3 is 2.80 bits per heavy atom. The fourth-order valence-electron chi connectivity index (χ4n) is 3.19. The average Bonchev–Trinajstić information content (AvgIpc) is 2.96. The highest BCUT2D eigenvalue weighted by molar-refractivity contribution is 7.91. The van der Waals surface area contributed by atoms with E-state index in [9.17, 15) is 8.42 Å². The number of nitrogens with one attached hydrogen (secondary N) is 1. The van der Waals surface area contributed by atoms with E-state index >= 15 is 0 Å². The molecular formula is C18H24N4O2S. The second-order valence-corrected chi connectivity index (χ2v) is 8.72. The van der Waals surface area contributed by atoms with Crippen LogP contribution in [0.3, 0.4) is 0 Å². The Kier molecular flexibility index (Phi) is 4.94. The molecule has 1 aliphatic rings. The van der Waals surface area contributed by atoms with Gasteiger partial charge in [-0.25, -0.2) is 13.4 Å². The van der Waals surface area contributed by atoms with Gasteiger partial charge >= 0.3 is 0 Å². The van der Waals surface area contributed by atoms with Crippen molar-refractivity contribution < 1.29 is 8.42 Å². The topological polar surface area (TPSA) is 75.2 Å². The number of aryl methyl sites for hydroxylation is 2. The zero-order valence-electron chi connectivity index (χ0n) is 14.9. The minimum atomic E-state index is -2.92. The summed E-state index contributed by atoms with van der Waals surface area (Å²) in [4.78, 5) is 10.8. The smallest absolute Gasteiger partial charge is 0.229 e. The molecule has 134 valence electrons. The first-order chi connectivity index (χ1) is 11.9. The van der Waals surface area contributed by atoms with Gasteiger partial charge in [-0.15, -0.1) is 0 Å². The van der Waals surface area contributed by atoms with Gasteiger partial charge in [-0.1, -0.05) is 25.1 Å². The third kappa shape index (κ3) is 3.92. The average molecular weight is 360 g/mol. The van der Waals surface area contributed by atoms with Gasteiger partial charge < -0.3 is 10.2 Å². The summed E-state index contributed by atoms with van der Waals surface area (Å²) in [6, 6.07) is 7.98. The van der Waals surface area contributed by atoms with Crippen LogP contribution in [0, 0.1) is 6.92 Å². The zero-order valence-corrected chi connectivity index (χ0v) is 15.7. The van der Waals surface area contributed by atoms with Crippen molar-refractivity contribution in [3.8, 4) is 0 Å². The number of sulfone groups is 1. The summed E-state index contributed by atoms with van der Waals surface area (Å²) in [6.45, 7) is 4.17. The highest BCUT2D eigenvalue weighted by Gasteiger charge is 2.31. The molecule has 0 saturated carbocycles. The minimum absolute atomic E-state index is 0.0302. The maximum Gasteiger partial charge on any atom is 0.229 e. The maximum atomic E-state index is 11.7. The van der Waals surface area contributed by atoms with Crippen LogP contribution < -0.4 is 10.2 Å². The summed E-state index contributed by atoms with van der Waals surface area (Å²) in [7, 11) is -1.03. The number of para-hydroxylation sites is 1. The third-order valence-corrected chi connectivity index (χ3v) is 6.49. The number of rotatable bonds is 5. The maximum absolute atomic E-state index is 11.7. The van der Waals surface area contributed by atoms with E-state index in [-0.39, 0.29) is 17.5 Å². The second-order valence-electron chi connectivity index (χ2n) is 6.49. The molecule has 3 rings (SSSR count). The number of aromatic nitrogens is 2. The van der Waals surface area contributed by atoms with E-state index < -0.39 is 9.84 Å². The van der Waals surface area contributed by atoms with E-state index in [1.807, 2.05) is 24.1 Å². The summed E-state index contributed by atoms with van der Waals surface area (Å²) in [5.74, 6) is 1.69. The molecule has 1 aliphatic heterocycles. The summed E-state index contributed by atoms with van der Waals surface area (Å²) in [5, 5.41) is 3.33. The van der Waals surface area contributed by atoms with Gasteiger partial charge in [0.2, 0.25) is 5.95 Å². The van der Waals surface area contributed by atoms with Crippen LogP contribution in [0.5, 0.6) is 0 Å². The summed E-state index contributed by atoms with van der Waals surface area (Å²) in [5.41, 5.74) is 3.39. The van der Waals surface area contributed by atoms with Crippen molar-refractivity contribution in [2.24, 2.45) is 0 Å². The Hall–Kier alpha value is -2.15. The molecule has 1 atom stereocenters. The van der Waals surface area contributed by atoms with E-state index in [1.54, 1.807) is 6.20 Å². The molecule has 1 unspecified atom stereocenters. The van der Waals surface area contributed by atoms with Crippen molar-refractivity contribution in [1.82, 2.24) is 9.97 Å². The van der Waals surface area contributed by atoms with Gasteiger partial charge in [0.1, 0.15) is 5.82 Å². The van der Waals surface area contributed by atoms with Gasteiger partial charge in [0.25, 0.3) is 0 Å². The zero-order chi connectivity index (χ0) is 18.0. The predicted octanol–water partition coefficient (Wildman–Crippen LogP) is 2.71. The molecule has 1 saturated heterocycles. The fraction of sp³-hybridized carbons (Fsp3) is 0.444. The molecule has 1 fully saturated rings. The Bertz CT molecular complexity index is 867. The van der Waals surface area contributed by atoms with E-state index in [1.165, 1.54) is 5.56 Å². The van der Waals surface area contributed by atoms with Crippen LogP contribution >= 0.6 is 0 Å². The molecule has 25 heavy (non-hydrogen) atoms. The Labute approximate surface area is 149 Å². The van der Waals surface area contributed by atoms with Crippen molar-refractivity contribution in [2.75, 3.05) is 28.8 Å². The molecule has 0 radical (unpaired) electrons. The van der Waals surface area contributed by atoms with Crippen LogP contribution in [-0.4, -0.2) is 43.0 Å². The lowest BCUT2D eigenvalue weighted by Gasteiger charge is -2.24. The number of hydrogen-bond acceptors (Lipinski definition) is 6. The SMILES string of the molecule is CCc1cccc(C)c1Nc1nccc(N(C)C2CCS(=O)(=O)C2)n1. The molecule has 1 N–H and O–H groups in total. The summed E-state index contributed by atoms with van der Waals surface area (Å²) < 4.78 is 23.4. The molecule has 1 aromatic carbocycles. The van der Waals surface area contributed by atoms with Crippen LogP contribution in [0.2, 0.25) is 0 Å². The van der Waals surface area contributed by atoms with Crippen LogP contribution in [0.25, 0.3) is 0 Å². The molecular weight excluding hydrogens is 336 g/mol. The van der Waals surface area contributed by atoms with Gasteiger partial charge in [0.05, 0.1) is 11.5 Å². The number of nitrogens with zero attached hydrogens (tertiary/aromatic N) is 3. The first kappa shape index (κ1) is 17.7. The van der Waals surface area contributed by atoms with Crippen molar-refractivity contribution in [1.29, 1.82) is 0 Å². The first-order valence-electron chi connectivity index (χ1n) is 8.51. The first-order valence-corrected chi connectivity index (χ1v) is 10.3. The van der Waals surface area contributed by atoms with Crippen molar-refractivity contribution >= 4 is 27.3 Å². The standard InChI is InChI=1S/C18H24N4O2S/c1-4-14-7-5-6-13(2)17(14)21-18-19-10-8-16(20-18)22(3)15-9-11-25(23,24)12-15/h5-8,10,15H,4,9,11-12H2,1-3H3,(H,19,20,21). The summed E-state index contributed by atoms with van der Waals surface area (Å²) >= 11 is 0.